The smallest absolute Gasteiger partial charge is 0.341 e. The molecule has 1 aromatic rings. The van der Waals surface area contributed by atoms with Crippen molar-refractivity contribution < 1.29 is 14.6 Å². The van der Waals surface area contributed by atoms with Gasteiger partial charge in [0.15, 0.2) is 6.61 Å². The number of ether oxygens (including phenoxy) is 1. The Bertz CT molecular complexity index is 515. The van der Waals surface area contributed by atoms with E-state index in [9.17, 15) is 4.79 Å². The molecule has 0 saturated heterocycles. The van der Waals surface area contributed by atoms with Crippen LogP contribution in [0.2, 0.25) is 0 Å². The minimum atomic E-state index is -1.01. The first-order chi connectivity index (χ1) is 8.90. The van der Waals surface area contributed by atoms with Gasteiger partial charge in [-0.3, -0.25) is 0 Å². The van der Waals surface area contributed by atoms with E-state index in [4.69, 9.17) is 20.7 Å². The highest BCUT2D eigenvalue weighted by atomic mass is 32.2. The summed E-state index contributed by atoms with van der Waals surface area (Å²) in [5.74, 6) is -0.0118. The largest absolute Gasteiger partial charge is 0.482 e. The molecule has 0 aliphatic heterocycles. The van der Waals surface area contributed by atoms with E-state index in [2.05, 4.69) is 0 Å². The third-order valence-corrected chi connectivity index (χ3v) is 3.35. The van der Waals surface area contributed by atoms with Crippen LogP contribution < -0.4 is 4.74 Å². The first-order valence-corrected chi connectivity index (χ1v) is 6.59. The first-order valence-electron chi connectivity index (χ1n) is 5.61. The number of aliphatic carboxylic acids is 1. The number of hydrogen-bond acceptors (Lipinski definition) is 5. The maximum absolute atomic E-state index is 10.4. The number of carbonyl (C=O) groups is 1. The molecule has 0 radical (unpaired) electrons. The fraction of sp³-hybridized carbons (Fsp3) is 0.308. The molecule has 6 heteroatoms. The van der Waals surface area contributed by atoms with Crippen molar-refractivity contribution in [2.75, 3.05) is 12.4 Å². The van der Waals surface area contributed by atoms with Gasteiger partial charge in [-0.15, -0.1) is 11.8 Å². The van der Waals surface area contributed by atoms with Crippen molar-refractivity contribution in [1.82, 2.24) is 0 Å². The number of hydrogen-bond donors (Lipinski definition) is 3. The Morgan fingerprint density at radius 2 is 2.11 bits per heavy atom. The second kappa shape index (κ2) is 6.94. The van der Waals surface area contributed by atoms with Gasteiger partial charge in [-0.05, 0) is 37.6 Å². The van der Waals surface area contributed by atoms with Gasteiger partial charge in [0.2, 0.25) is 0 Å². The third kappa shape index (κ3) is 5.13. The summed E-state index contributed by atoms with van der Waals surface area (Å²) in [4.78, 5) is 11.4. The van der Waals surface area contributed by atoms with E-state index in [1.54, 1.807) is 13.0 Å². The number of nitrogens with one attached hydrogen (secondary N) is 2. The summed E-state index contributed by atoms with van der Waals surface area (Å²) < 4.78 is 5.13. The molecular formula is C13H16N2O3S. The van der Waals surface area contributed by atoms with Crippen molar-refractivity contribution in [3.63, 3.8) is 0 Å². The Balaban J connectivity index is 2.63. The predicted octanol–water partition coefficient (Wildman–Crippen LogP) is 2.61. The SMILES string of the molecule is CC(=N)C(=N)CSc1ccc(OCC(=O)O)c(C)c1. The van der Waals surface area contributed by atoms with E-state index in [0.29, 0.717) is 17.2 Å². The van der Waals surface area contributed by atoms with Gasteiger partial charge in [-0.2, -0.15) is 0 Å². The summed E-state index contributed by atoms with van der Waals surface area (Å²) in [5.41, 5.74) is 1.42. The molecule has 1 rings (SSSR count). The molecule has 3 N–H and O–H groups in total. The molecule has 0 aliphatic carbocycles. The molecule has 0 unspecified atom stereocenters. The normalized spacial score (nSPS) is 10.0. The van der Waals surface area contributed by atoms with Gasteiger partial charge in [0.05, 0.1) is 5.71 Å². The van der Waals surface area contributed by atoms with Gasteiger partial charge >= 0.3 is 5.97 Å². The molecule has 0 atom stereocenters. The molecule has 0 spiro atoms. The zero-order valence-electron chi connectivity index (χ0n) is 10.8. The van der Waals surface area contributed by atoms with Crippen molar-refractivity contribution in [3.05, 3.63) is 23.8 Å². The molecule has 0 aromatic heterocycles. The minimum absolute atomic E-state index is 0.269. The lowest BCUT2D eigenvalue weighted by molar-refractivity contribution is -0.139. The van der Waals surface area contributed by atoms with Crippen molar-refractivity contribution in [1.29, 1.82) is 10.8 Å². The average Bonchev–Trinajstić information content (AvgIpc) is 2.34. The lowest BCUT2D eigenvalue weighted by Crippen LogP contribution is -2.10. The number of carboxylic acid groups (broad SMARTS) is 1. The summed E-state index contributed by atoms with van der Waals surface area (Å²) in [7, 11) is 0. The molecule has 1 aromatic carbocycles. The van der Waals surface area contributed by atoms with Gasteiger partial charge in [0.1, 0.15) is 5.75 Å². The van der Waals surface area contributed by atoms with E-state index in [0.717, 1.165) is 10.5 Å². The van der Waals surface area contributed by atoms with Crippen LogP contribution in [0.3, 0.4) is 0 Å². The molecule has 0 saturated carbocycles. The molecule has 0 heterocycles. The molecule has 0 amide bonds. The maximum Gasteiger partial charge on any atom is 0.341 e. The quantitative estimate of drug-likeness (QED) is 0.528. The van der Waals surface area contributed by atoms with Crippen LogP contribution >= 0.6 is 11.8 Å². The van der Waals surface area contributed by atoms with Crippen LogP contribution in [0.1, 0.15) is 12.5 Å². The van der Waals surface area contributed by atoms with Gasteiger partial charge in [-0.25, -0.2) is 4.79 Å². The number of carboxylic acids is 1. The molecule has 0 fully saturated rings. The monoisotopic (exact) mass is 280 g/mol. The highest BCUT2D eigenvalue weighted by molar-refractivity contribution is 8.00. The van der Waals surface area contributed by atoms with E-state index >= 15 is 0 Å². The Hall–Kier alpha value is -1.82. The predicted molar refractivity (Wildman–Crippen MR) is 76.2 cm³/mol. The van der Waals surface area contributed by atoms with E-state index in [1.807, 2.05) is 19.1 Å². The summed E-state index contributed by atoms with van der Waals surface area (Å²) >= 11 is 1.47. The van der Waals surface area contributed by atoms with Crippen LogP contribution in [0.4, 0.5) is 0 Å². The summed E-state index contributed by atoms with van der Waals surface area (Å²) in [5, 5.41) is 23.4. The molecular weight excluding hydrogens is 264 g/mol. The standard InChI is InChI=1S/C13H16N2O3S/c1-8-5-10(19-7-11(15)9(2)14)3-4-12(8)18-6-13(16)17/h3-5,14-15H,6-7H2,1-2H3,(H,16,17). The Morgan fingerprint density at radius 1 is 1.42 bits per heavy atom. The fourth-order valence-electron chi connectivity index (χ4n) is 1.28. The summed E-state index contributed by atoms with van der Waals surface area (Å²) in [6.45, 7) is 3.08. The van der Waals surface area contributed by atoms with Crippen LogP contribution in [0, 0.1) is 17.7 Å². The zero-order chi connectivity index (χ0) is 14.4. The van der Waals surface area contributed by atoms with Crippen molar-refractivity contribution in [2.45, 2.75) is 18.7 Å². The number of aryl methyl sites for hydroxylation is 1. The lowest BCUT2D eigenvalue weighted by atomic mass is 10.2. The second-order valence-electron chi connectivity index (χ2n) is 4.00. The molecule has 19 heavy (non-hydrogen) atoms. The highest BCUT2D eigenvalue weighted by Gasteiger charge is 2.06. The van der Waals surface area contributed by atoms with Crippen molar-refractivity contribution in [2.24, 2.45) is 0 Å². The number of benzene rings is 1. The van der Waals surface area contributed by atoms with Crippen LogP contribution in [0.25, 0.3) is 0 Å². The van der Waals surface area contributed by atoms with Crippen LogP contribution in [0.15, 0.2) is 23.1 Å². The fourth-order valence-corrected chi connectivity index (χ4v) is 2.23. The van der Waals surface area contributed by atoms with Gasteiger partial charge < -0.3 is 20.7 Å². The third-order valence-electron chi connectivity index (χ3n) is 2.33. The van der Waals surface area contributed by atoms with E-state index < -0.39 is 5.97 Å². The average molecular weight is 280 g/mol. The second-order valence-corrected chi connectivity index (χ2v) is 5.05. The van der Waals surface area contributed by atoms with Crippen molar-refractivity contribution in [3.8, 4) is 5.75 Å². The number of rotatable bonds is 7. The van der Waals surface area contributed by atoms with Crippen LogP contribution in [-0.2, 0) is 4.79 Å². The summed E-state index contributed by atoms with van der Waals surface area (Å²) in [6, 6.07) is 5.43. The topological polar surface area (TPSA) is 94.2 Å². The Kier molecular flexibility index (Phi) is 5.57. The van der Waals surface area contributed by atoms with Gasteiger partial charge in [0.25, 0.3) is 0 Å². The van der Waals surface area contributed by atoms with Crippen LogP contribution in [-0.4, -0.2) is 34.9 Å². The minimum Gasteiger partial charge on any atom is -0.482 e. The summed E-state index contributed by atoms with van der Waals surface area (Å²) in [6.07, 6.45) is 0. The van der Waals surface area contributed by atoms with Gasteiger partial charge in [-0.1, -0.05) is 0 Å². The molecule has 102 valence electrons. The number of thioether (sulfide) groups is 1. The Labute approximate surface area is 116 Å². The molecule has 0 aliphatic rings. The molecule has 5 nitrogen and oxygen atoms in total. The Morgan fingerprint density at radius 3 is 2.63 bits per heavy atom. The van der Waals surface area contributed by atoms with Crippen molar-refractivity contribution >= 4 is 29.2 Å². The first kappa shape index (κ1) is 15.2. The molecule has 0 bridgehead atoms. The van der Waals surface area contributed by atoms with Crippen LogP contribution in [0.5, 0.6) is 5.75 Å². The van der Waals surface area contributed by atoms with E-state index in [1.165, 1.54) is 11.8 Å². The maximum atomic E-state index is 10.4. The van der Waals surface area contributed by atoms with E-state index in [-0.39, 0.29) is 12.3 Å². The zero-order valence-corrected chi connectivity index (χ0v) is 11.6. The highest BCUT2D eigenvalue weighted by Crippen LogP contribution is 2.25. The lowest BCUT2D eigenvalue weighted by Gasteiger charge is -2.09. The van der Waals surface area contributed by atoms with Gasteiger partial charge in [0, 0.05) is 16.4 Å².